The molecule has 0 unspecified atom stereocenters. The molecule has 1 heterocycles. The van der Waals surface area contributed by atoms with E-state index in [0.29, 0.717) is 11.4 Å². The smallest absolute Gasteiger partial charge is 0.270 e. The molecular weight excluding hydrogens is 356 g/mol. The van der Waals surface area contributed by atoms with Crippen LogP contribution in [0.15, 0.2) is 47.6 Å². The number of nitrogens with zero attached hydrogens (tertiary/aromatic N) is 3. The first kappa shape index (κ1) is 17.9. The minimum Gasteiger partial charge on any atom is -0.507 e. The van der Waals surface area contributed by atoms with Gasteiger partial charge in [0.05, 0.1) is 16.8 Å². The zero-order chi connectivity index (χ0) is 19.4. The summed E-state index contributed by atoms with van der Waals surface area (Å²) in [7, 11) is 0. The van der Waals surface area contributed by atoms with Gasteiger partial charge in [-0.2, -0.15) is 5.10 Å². The van der Waals surface area contributed by atoms with E-state index < -0.39 is 10.8 Å². The lowest BCUT2D eigenvalue weighted by Crippen LogP contribution is -2.44. The first-order valence-electron chi connectivity index (χ1n) is 7.77. The fourth-order valence-corrected chi connectivity index (χ4v) is 2.44. The number of nitro groups is 1. The second-order valence-corrected chi connectivity index (χ2v) is 5.53. The molecule has 0 radical (unpaired) electrons. The van der Waals surface area contributed by atoms with Gasteiger partial charge in [0.15, 0.2) is 6.61 Å². The molecule has 0 aliphatic carbocycles. The van der Waals surface area contributed by atoms with Crippen molar-refractivity contribution in [1.29, 1.82) is 0 Å². The van der Waals surface area contributed by atoms with Crippen molar-refractivity contribution < 1.29 is 24.4 Å². The maximum Gasteiger partial charge on any atom is 0.270 e. The summed E-state index contributed by atoms with van der Waals surface area (Å²) < 4.78 is 5.29. The van der Waals surface area contributed by atoms with Crippen LogP contribution in [0.5, 0.6) is 11.5 Å². The number of non-ortho nitro benzene ring substituents is 1. The number of carbonyl (C=O) groups is 2. The van der Waals surface area contributed by atoms with E-state index in [-0.39, 0.29) is 36.1 Å². The van der Waals surface area contributed by atoms with Gasteiger partial charge in [0.1, 0.15) is 18.0 Å². The van der Waals surface area contributed by atoms with Gasteiger partial charge < -0.3 is 9.84 Å². The van der Waals surface area contributed by atoms with Gasteiger partial charge in [0.2, 0.25) is 0 Å². The van der Waals surface area contributed by atoms with Crippen LogP contribution < -0.4 is 15.1 Å². The van der Waals surface area contributed by atoms with Gasteiger partial charge >= 0.3 is 0 Å². The average Bonchev–Trinajstić information content (AvgIpc) is 2.65. The zero-order valence-electron chi connectivity index (χ0n) is 13.9. The van der Waals surface area contributed by atoms with E-state index in [4.69, 9.17) is 4.74 Å². The highest BCUT2D eigenvalue weighted by Gasteiger charge is 2.26. The van der Waals surface area contributed by atoms with Gasteiger partial charge in [-0.3, -0.25) is 24.6 Å². The van der Waals surface area contributed by atoms with Crippen molar-refractivity contribution in [3.8, 4) is 11.5 Å². The summed E-state index contributed by atoms with van der Waals surface area (Å²) >= 11 is 0. The van der Waals surface area contributed by atoms with E-state index in [1.54, 1.807) is 24.3 Å². The minimum absolute atomic E-state index is 0.0669. The van der Waals surface area contributed by atoms with Crippen molar-refractivity contribution in [2.45, 2.75) is 0 Å². The number of para-hydroxylation sites is 2. The number of aromatic hydroxyl groups is 1. The van der Waals surface area contributed by atoms with Crippen LogP contribution in [0.1, 0.15) is 5.56 Å². The molecule has 3 rings (SSSR count). The second kappa shape index (κ2) is 7.52. The fourth-order valence-electron chi connectivity index (χ4n) is 2.44. The number of nitrogens with one attached hydrogen (secondary N) is 1. The molecule has 0 aromatic heterocycles. The van der Waals surface area contributed by atoms with E-state index in [2.05, 4.69) is 10.5 Å². The Hall–Kier alpha value is -3.95. The number of rotatable bonds is 5. The Labute approximate surface area is 152 Å². The minimum atomic E-state index is -0.614. The quantitative estimate of drug-likeness (QED) is 0.461. The van der Waals surface area contributed by atoms with E-state index in [0.717, 1.165) is 24.4 Å². The molecule has 10 nitrogen and oxygen atoms in total. The van der Waals surface area contributed by atoms with Gasteiger partial charge in [-0.25, -0.2) is 5.43 Å². The highest BCUT2D eigenvalue weighted by Crippen LogP contribution is 2.31. The summed E-state index contributed by atoms with van der Waals surface area (Å²) in [4.78, 5) is 35.5. The molecule has 2 aromatic carbocycles. The van der Waals surface area contributed by atoms with Crippen molar-refractivity contribution in [3.05, 3.63) is 58.1 Å². The van der Waals surface area contributed by atoms with E-state index in [1.165, 1.54) is 4.90 Å². The van der Waals surface area contributed by atoms with Crippen molar-refractivity contribution >= 4 is 29.4 Å². The van der Waals surface area contributed by atoms with Crippen molar-refractivity contribution in [2.75, 3.05) is 18.1 Å². The second-order valence-electron chi connectivity index (χ2n) is 5.53. The summed E-state index contributed by atoms with van der Waals surface area (Å²) in [6, 6.07) is 10.2. The van der Waals surface area contributed by atoms with Crippen molar-refractivity contribution in [1.82, 2.24) is 5.43 Å². The summed E-state index contributed by atoms with van der Waals surface area (Å²) in [5, 5.41) is 24.1. The van der Waals surface area contributed by atoms with Crippen LogP contribution in [0, 0.1) is 10.1 Å². The molecule has 0 saturated carbocycles. The molecule has 1 aliphatic rings. The number of hydrazone groups is 1. The lowest BCUT2D eigenvalue weighted by molar-refractivity contribution is -0.384. The summed E-state index contributed by atoms with van der Waals surface area (Å²) in [6.07, 6.45) is 1.08. The predicted octanol–water partition coefficient (Wildman–Crippen LogP) is 1.18. The Kier molecular flexibility index (Phi) is 4.97. The molecule has 10 heteroatoms. The van der Waals surface area contributed by atoms with Gasteiger partial charge in [0.25, 0.3) is 17.5 Å². The molecule has 27 heavy (non-hydrogen) atoms. The van der Waals surface area contributed by atoms with Crippen LogP contribution in [0.25, 0.3) is 0 Å². The van der Waals surface area contributed by atoms with Gasteiger partial charge in [-0.05, 0) is 18.2 Å². The van der Waals surface area contributed by atoms with Crippen LogP contribution in [0.4, 0.5) is 11.4 Å². The number of amides is 2. The first-order valence-corrected chi connectivity index (χ1v) is 7.77. The van der Waals surface area contributed by atoms with Crippen molar-refractivity contribution in [2.24, 2.45) is 5.10 Å². The summed E-state index contributed by atoms with van der Waals surface area (Å²) in [6.45, 7) is -0.452. The third-order valence-electron chi connectivity index (χ3n) is 3.72. The molecule has 2 N–H and O–H groups in total. The van der Waals surface area contributed by atoms with E-state index >= 15 is 0 Å². The highest BCUT2D eigenvalue weighted by molar-refractivity contribution is 6.02. The van der Waals surface area contributed by atoms with Crippen LogP contribution in [0.3, 0.4) is 0 Å². The number of nitro benzene ring substituents is 1. The Morgan fingerprint density at radius 2 is 2.15 bits per heavy atom. The number of ether oxygens (including phenoxy) is 1. The molecule has 1 aliphatic heterocycles. The third-order valence-corrected chi connectivity index (χ3v) is 3.72. The number of phenols is 1. The fraction of sp³-hybridized carbons (Fsp3) is 0.118. The lowest BCUT2D eigenvalue weighted by atomic mass is 10.2. The highest BCUT2D eigenvalue weighted by atomic mass is 16.6. The number of carbonyl (C=O) groups excluding carboxylic acids is 2. The number of hydrogen-bond acceptors (Lipinski definition) is 7. The molecule has 0 fully saturated rings. The Bertz CT molecular complexity index is 943. The summed E-state index contributed by atoms with van der Waals surface area (Å²) in [5.74, 6) is -0.684. The predicted molar refractivity (Wildman–Crippen MR) is 94.8 cm³/mol. The van der Waals surface area contributed by atoms with Crippen LogP contribution >= 0.6 is 0 Å². The van der Waals surface area contributed by atoms with Crippen LogP contribution in [-0.2, 0) is 9.59 Å². The Morgan fingerprint density at radius 3 is 2.93 bits per heavy atom. The monoisotopic (exact) mass is 370 g/mol. The first-order chi connectivity index (χ1) is 13.0. The molecule has 0 bridgehead atoms. The molecule has 0 saturated heterocycles. The van der Waals surface area contributed by atoms with E-state index in [1.807, 2.05) is 0 Å². The standard InChI is InChI=1S/C17H14N4O6/c22-14-6-5-12(21(25)26)7-11(14)8-18-19-16(23)9-20-13-3-1-2-4-15(13)27-10-17(20)24/h1-8,22H,9-10H2,(H,19,23)/b18-8+. The zero-order valence-corrected chi connectivity index (χ0v) is 13.9. The molecule has 0 atom stereocenters. The van der Waals surface area contributed by atoms with Crippen LogP contribution in [0.2, 0.25) is 0 Å². The third kappa shape index (κ3) is 4.00. The van der Waals surface area contributed by atoms with Crippen LogP contribution in [-0.4, -0.2) is 41.2 Å². The number of hydrogen-bond donors (Lipinski definition) is 2. The lowest BCUT2D eigenvalue weighted by Gasteiger charge is -2.28. The number of anilines is 1. The maximum absolute atomic E-state index is 12.1. The van der Waals surface area contributed by atoms with Gasteiger partial charge in [0, 0.05) is 17.7 Å². The topological polar surface area (TPSA) is 134 Å². The van der Waals surface area contributed by atoms with Gasteiger partial charge in [-0.15, -0.1) is 0 Å². The van der Waals surface area contributed by atoms with Crippen molar-refractivity contribution in [3.63, 3.8) is 0 Å². The Morgan fingerprint density at radius 1 is 1.37 bits per heavy atom. The molecule has 0 spiro atoms. The number of phenolic OH excluding ortho intramolecular Hbond substituents is 1. The van der Waals surface area contributed by atoms with E-state index in [9.17, 15) is 24.8 Å². The normalized spacial score (nSPS) is 13.2. The molecule has 2 amide bonds. The molecule has 138 valence electrons. The average molecular weight is 370 g/mol. The molecular formula is C17H14N4O6. The molecule has 2 aromatic rings. The summed E-state index contributed by atoms with van der Waals surface area (Å²) in [5.41, 5.74) is 2.54. The number of benzene rings is 2. The SMILES string of the molecule is O=C(CN1C(=O)COc2ccccc21)N/N=C/c1cc([N+](=O)[O-])ccc1O. The maximum atomic E-state index is 12.1. The Balaban J connectivity index is 1.67. The largest absolute Gasteiger partial charge is 0.507 e. The van der Waals surface area contributed by atoms with Gasteiger partial charge in [-0.1, -0.05) is 12.1 Å². The number of fused-ring (bicyclic) bond motifs is 1.